The average molecular weight is 375 g/mol. The number of benzene rings is 1. The summed E-state index contributed by atoms with van der Waals surface area (Å²) < 4.78 is 11.9. The molecule has 0 amide bonds. The number of hydrogen-bond acceptors (Lipinski definition) is 6. The van der Waals surface area contributed by atoms with E-state index in [9.17, 15) is 19.8 Å². The Kier molecular flexibility index (Phi) is 5.77. The number of hydrogen-bond donors (Lipinski definition) is 2. The highest BCUT2D eigenvalue weighted by atomic mass is 16.5. The lowest BCUT2D eigenvalue weighted by atomic mass is 9.92. The molecule has 1 heterocycles. The highest BCUT2D eigenvalue weighted by molar-refractivity contribution is 5.90. The van der Waals surface area contributed by atoms with Gasteiger partial charge in [-0.1, -0.05) is 30.3 Å². The molecule has 2 N–H and O–H groups in total. The van der Waals surface area contributed by atoms with E-state index in [1.807, 2.05) is 30.3 Å². The van der Waals surface area contributed by atoms with Crippen LogP contribution in [-0.2, 0) is 16.9 Å². The van der Waals surface area contributed by atoms with E-state index in [1.54, 1.807) is 6.92 Å². The molecule has 0 saturated heterocycles. The number of carbonyl (C=O) groups excluding carboxylic acids is 1. The standard InChI is InChI=1S/C20H25NO6/c1-13-11-15(22)17(27-12-14-9-7-6-8-10-14)16(18(23)26-5)21(13)19(2,3)20(4,24)25/h6-11,24-25H,12H2,1-5H3. The van der Waals surface area contributed by atoms with Crippen molar-refractivity contribution >= 4 is 5.97 Å². The number of rotatable bonds is 6. The molecular weight excluding hydrogens is 350 g/mol. The van der Waals surface area contributed by atoms with E-state index in [2.05, 4.69) is 0 Å². The van der Waals surface area contributed by atoms with Crippen LogP contribution < -0.4 is 10.2 Å². The van der Waals surface area contributed by atoms with Gasteiger partial charge in [0, 0.05) is 11.8 Å². The number of pyridine rings is 1. The average Bonchev–Trinajstić information content (AvgIpc) is 2.59. The van der Waals surface area contributed by atoms with Crippen molar-refractivity contribution in [1.82, 2.24) is 4.57 Å². The molecule has 27 heavy (non-hydrogen) atoms. The van der Waals surface area contributed by atoms with E-state index in [-0.39, 0.29) is 18.1 Å². The molecule has 0 bridgehead atoms. The van der Waals surface area contributed by atoms with Crippen LogP contribution >= 0.6 is 0 Å². The summed E-state index contributed by atoms with van der Waals surface area (Å²) >= 11 is 0. The lowest BCUT2D eigenvalue weighted by Crippen LogP contribution is -2.52. The third-order valence-corrected chi connectivity index (χ3v) is 4.68. The van der Waals surface area contributed by atoms with Crippen molar-refractivity contribution in [3.8, 4) is 5.75 Å². The fourth-order valence-electron chi connectivity index (χ4n) is 2.80. The number of methoxy groups -OCH3 is 1. The summed E-state index contributed by atoms with van der Waals surface area (Å²) in [6.07, 6.45) is 0. The summed E-state index contributed by atoms with van der Waals surface area (Å²) in [7, 11) is 1.19. The summed E-state index contributed by atoms with van der Waals surface area (Å²) in [6.45, 7) is 5.95. The van der Waals surface area contributed by atoms with Crippen molar-refractivity contribution in [3.05, 3.63) is 63.6 Å². The fourth-order valence-corrected chi connectivity index (χ4v) is 2.80. The Balaban J connectivity index is 2.68. The van der Waals surface area contributed by atoms with Gasteiger partial charge in [-0.3, -0.25) is 4.79 Å². The molecule has 146 valence electrons. The van der Waals surface area contributed by atoms with Gasteiger partial charge < -0.3 is 24.3 Å². The molecule has 0 aliphatic heterocycles. The van der Waals surface area contributed by atoms with Crippen LogP contribution in [0, 0.1) is 6.92 Å². The summed E-state index contributed by atoms with van der Waals surface area (Å²) in [5.41, 5.74) is -0.842. The molecule has 0 unspecified atom stereocenters. The predicted molar refractivity (Wildman–Crippen MR) is 99.7 cm³/mol. The third kappa shape index (κ3) is 4.04. The zero-order valence-electron chi connectivity index (χ0n) is 16.1. The molecule has 0 saturated carbocycles. The number of carbonyl (C=O) groups is 1. The highest BCUT2D eigenvalue weighted by Crippen LogP contribution is 2.33. The number of esters is 1. The van der Waals surface area contributed by atoms with Gasteiger partial charge in [0.2, 0.25) is 5.43 Å². The van der Waals surface area contributed by atoms with Crippen LogP contribution in [0.5, 0.6) is 5.75 Å². The van der Waals surface area contributed by atoms with Crippen LogP contribution in [-0.4, -0.2) is 33.6 Å². The number of ether oxygens (including phenoxy) is 2. The first-order valence-corrected chi connectivity index (χ1v) is 8.47. The van der Waals surface area contributed by atoms with Gasteiger partial charge in [-0.05, 0) is 33.3 Å². The van der Waals surface area contributed by atoms with Crippen LogP contribution in [0.1, 0.15) is 42.5 Å². The van der Waals surface area contributed by atoms with E-state index in [4.69, 9.17) is 9.47 Å². The largest absolute Gasteiger partial charge is 0.482 e. The molecular formula is C20H25NO6. The van der Waals surface area contributed by atoms with E-state index in [0.29, 0.717) is 5.69 Å². The monoisotopic (exact) mass is 375 g/mol. The van der Waals surface area contributed by atoms with Gasteiger partial charge >= 0.3 is 5.97 Å². The molecule has 2 aromatic rings. The number of nitrogens with zero attached hydrogens (tertiary/aromatic N) is 1. The fraction of sp³-hybridized carbons (Fsp3) is 0.400. The van der Waals surface area contributed by atoms with Crippen LogP contribution in [0.15, 0.2) is 41.2 Å². The Morgan fingerprint density at radius 1 is 1.15 bits per heavy atom. The molecule has 0 atom stereocenters. The van der Waals surface area contributed by atoms with Gasteiger partial charge in [-0.25, -0.2) is 4.79 Å². The predicted octanol–water partition coefficient (Wildman–Crippen LogP) is 1.96. The first kappa shape index (κ1) is 20.7. The van der Waals surface area contributed by atoms with Gasteiger partial charge in [0.15, 0.2) is 17.2 Å². The maximum atomic E-state index is 12.6. The Morgan fingerprint density at radius 3 is 2.26 bits per heavy atom. The van der Waals surface area contributed by atoms with Crippen LogP contribution in [0.25, 0.3) is 0 Å². The van der Waals surface area contributed by atoms with Gasteiger partial charge in [0.25, 0.3) is 0 Å². The summed E-state index contributed by atoms with van der Waals surface area (Å²) in [5.74, 6) is -3.20. The zero-order valence-corrected chi connectivity index (χ0v) is 16.1. The molecule has 1 aromatic heterocycles. The molecule has 0 radical (unpaired) electrons. The van der Waals surface area contributed by atoms with Gasteiger partial charge in [0.1, 0.15) is 6.61 Å². The Morgan fingerprint density at radius 2 is 1.74 bits per heavy atom. The molecule has 7 heteroatoms. The smallest absolute Gasteiger partial charge is 0.358 e. The van der Waals surface area contributed by atoms with Crippen LogP contribution in [0.4, 0.5) is 0 Å². The molecule has 0 spiro atoms. The zero-order chi connectivity index (χ0) is 20.4. The van der Waals surface area contributed by atoms with Crippen LogP contribution in [0.2, 0.25) is 0 Å². The Labute approximate surface area is 157 Å². The Hall–Kier alpha value is -2.64. The van der Waals surface area contributed by atoms with Gasteiger partial charge in [-0.2, -0.15) is 0 Å². The number of aliphatic hydroxyl groups is 2. The van der Waals surface area contributed by atoms with Crippen LogP contribution in [0.3, 0.4) is 0 Å². The molecule has 0 aliphatic carbocycles. The minimum absolute atomic E-state index is 0.0685. The summed E-state index contributed by atoms with van der Waals surface area (Å²) in [4.78, 5) is 25.1. The van der Waals surface area contributed by atoms with Crippen molar-refractivity contribution in [2.45, 2.75) is 45.6 Å². The summed E-state index contributed by atoms with van der Waals surface area (Å²) in [6, 6.07) is 10.5. The minimum atomic E-state index is -2.19. The topological polar surface area (TPSA) is 98.0 Å². The van der Waals surface area contributed by atoms with Crippen molar-refractivity contribution < 1.29 is 24.5 Å². The quantitative estimate of drug-likeness (QED) is 0.592. The van der Waals surface area contributed by atoms with Gasteiger partial charge in [0.05, 0.1) is 12.6 Å². The number of aromatic nitrogens is 1. The summed E-state index contributed by atoms with van der Waals surface area (Å²) in [5, 5.41) is 20.5. The lowest BCUT2D eigenvalue weighted by Gasteiger charge is -2.40. The van der Waals surface area contributed by atoms with Crippen molar-refractivity contribution in [2.24, 2.45) is 0 Å². The maximum Gasteiger partial charge on any atom is 0.358 e. The van der Waals surface area contributed by atoms with E-state index >= 15 is 0 Å². The van der Waals surface area contributed by atoms with Gasteiger partial charge in [-0.15, -0.1) is 0 Å². The van der Waals surface area contributed by atoms with Crippen molar-refractivity contribution in [1.29, 1.82) is 0 Å². The molecule has 7 nitrogen and oxygen atoms in total. The maximum absolute atomic E-state index is 12.6. The Bertz CT molecular complexity index is 878. The number of aryl methyl sites for hydroxylation is 1. The molecule has 1 aromatic carbocycles. The van der Waals surface area contributed by atoms with Crippen molar-refractivity contribution in [2.75, 3.05) is 7.11 Å². The normalized spacial score (nSPS) is 12.0. The second-order valence-electron chi connectivity index (χ2n) is 7.01. The minimum Gasteiger partial charge on any atom is -0.482 e. The second kappa shape index (κ2) is 7.54. The third-order valence-electron chi connectivity index (χ3n) is 4.68. The second-order valence-corrected chi connectivity index (χ2v) is 7.01. The van der Waals surface area contributed by atoms with E-state index in [1.165, 1.54) is 38.5 Å². The molecule has 2 rings (SSSR count). The first-order valence-electron chi connectivity index (χ1n) is 8.47. The first-order chi connectivity index (χ1) is 12.5. The van der Waals surface area contributed by atoms with Crippen molar-refractivity contribution in [3.63, 3.8) is 0 Å². The molecule has 0 fully saturated rings. The van der Waals surface area contributed by atoms with E-state index in [0.717, 1.165) is 5.56 Å². The highest BCUT2D eigenvalue weighted by Gasteiger charge is 2.43. The molecule has 0 aliphatic rings. The SMILES string of the molecule is COC(=O)c1c(OCc2ccccc2)c(=O)cc(C)n1C(C)(C)C(C)(O)O. The lowest BCUT2D eigenvalue weighted by molar-refractivity contribution is -0.211. The van der Waals surface area contributed by atoms with E-state index < -0.39 is 22.7 Å².